The smallest absolute Gasteiger partial charge is 0.416 e. The Labute approximate surface area is 178 Å². The van der Waals surface area contributed by atoms with E-state index in [9.17, 15) is 31.5 Å². The van der Waals surface area contributed by atoms with Crippen LogP contribution in [0, 0.1) is 12.8 Å². The highest BCUT2D eigenvalue weighted by Crippen LogP contribution is 2.35. The molecule has 0 aliphatic rings. The number of carbonyl (C=O) groups excluding carboxylic acids is 1. The third kappa shape index (κ3) is 5.88. The lowest BCUT2D eigenvalue weighted by Crippen LogP contribution is -2.31. The molecule has 2 aromatic carbocycles. The molecule has 0 saturated carbocycles. The van der Waals surface area contributed by atoms with E-state index < -0.39 is 33.8 Å². The van der Waals surface area contributed by atoms with Gasteiger partial charge in [-0.05, 0) is 42.7 Å². The maximum atomic E-state index is 13.1. The van der Waals surface area contributed by atoms with Gasteiger partial charge in [-0.25, -0.2) is 8.42 Å². The van der Waals surface area contributed by atoms with Gasteiger partial charge in [-0.15, -0.1) is 0 Å². The summed E-state index contributed by atoms with van der Waals surface area (Å²) in [5.41, 5.74) is -1.09. The zero-order valence-corrected chi connectivity index (χ0v) is 18.1. The predicted octanol–water partition coefficient (Wildman–Crippen LogP) is 3.78. The molecule has 1 amide bonds. The molecule has 0 heterocycles. The zero-order valence-electron chi connectivity index (χ0n) is 17.2. The molecule has 11 heteroatoms. The van der Waals surface area contributed by atoms with Crippen LogP contribution < -0.4 is 14.8 Å². The van der Waals surface area contributed by atoms with Crippen molar-refractivity contribution >= 4 is 27.3 Å². The number of anilines is 2. The molecule has 31 heavy (non-hydrogen) atoms. The van der Waals surface area contributed by atoms with Crippen LogP contribution in [0.1, 0.15) is 25.0 Å². The minimum atomic E-state index is -4.64. The Balaban J connectivity index is 2.34. The molecule has 0 aliphatic heterocycles. The average molecular weight is 460 g/mol. The highest BCUT2D eigenvalue weighted by molar-refractivity contribution is 7.92. The number of alkyl halides is 3. The van der Waals surface area contributed by atoms with Crippen molar-refractivity contribution in [3.8, 4) is 5.75 Å². The quantitative estimate of drug-likeness (QED) is 0.583. The molecule has 0 saturated heterocycles. The third-order valence-electron chi connectivity index (χ3n) is 4.42. The van der Waals surface area contributed by atoms with Crippen LogP contribution in [0.15, 0.2) is 41.3 Å². The van der Waals surface area contributed by atoms with Gasteiger partial charge in [0.25, 0.3) is 15.9 Å². The van der Waals surface area contributed by atoms with Crippen molar-refractivity contribution in [3.05, 3.63) is 47.5 Å². The van der Waals surface area contributed by atoms with Crippen LogP contribution >= 0.6 is 0 Å². The minimum absolute atomic E-state index is 0.0447. The van der Waals surface area contributed by atoms with E-state index >= 15 is 0 Å². The van der Waals surface area contributed by atoms with Crippen molar-refractivity contribution in [2.24, 2.45) is 5.92 Å². The third-order valence-corrected chi connectivity index (χ3v) is 5.84. The van der Waals surface area contributed by atoms with Crippen molar-refractivity contribution in [1.29, 1.82) is 0 Å². The Bertz CT molecular complexity index is 1070. The number of nitrogens with one attached hydrogen (secondary N) is 2. The molecule has 1 atom stereocenters. The largest absolute Gasteiger partial charge is 0.495 e. The average Bonchev–Trinajstić information content (AvgIpc) is 2.67. The van der Waals surface area contributed by atoms with Crippen LogP contribution in [-0.2, 0) is 21.0 Å². The number of carbonyl (C=O) groups is 1. The number of aliphatic hydroxyl groups is 1. The van der Waals surface area contributed by atoms with Gasteiger partial charge in [0.2, 0.25) is 0 Å². The zero-order chi connectivity index (χ0) is 23.6. The number of halogens is 3. The number of methoxy groups -OCH3 is 1. The summed E-state index contributed by atoms with van der Waals surface area (Å²) in [7, 11) is -3.11. The summed E-state index contributed by atoms with van der Waals surface area (Å²) in [6.07, 6.45) is -5.90. The van der Waals surface area contributed by atoms with Gasteiger partial charge >= 0.3 is 6.18 Å². The SMILES string of the molecule is COc1cc(NC(=O)[C@@H](O)C(C)C)ccc1S(=O)(=O)Nc1ccc(C)c(C(F)(F)F)c1. The molecule has 0 bridgehead atoms. The molecule has 3 N–H and O–H groups in total. The summed E-state index contributed by atoms with van der Waals surface area (Å²) in [5.74, 6) is -1.15. The molecule has 0 spiro atoms. The van der Waals surface area contributed by atoms with Crippen molar-refractivity contribution in [3.63, 3.8) is 0 Å². The van der Waals surface area contributed by atoms with Gasteiger partial charge in [-0.1, -0.05) is 19.9 Å². The molecular formula is C20H23F3N2O5S. The molecule has 0 radical (unpaired) electrons. The maximum absolute atomic E-state index is 13.1. The Kier molecular flexibility index (Phi) is 7.22. The van der Waals surface area contributed by atoms with Crippen molar-refractivity contribution in [2.45, 2.75) is 37.9 Å². The Morgan fingerprint density at radius 3 is 2.26 bits per heavy atom. The normalized spacial score (nSPS) is 13.1. The number of rotatable bonds is 7. The van der Waals surface area contributed by atoms with E-state index in [0.717, 1.165) is 12.1 Å². The summed E-state index contributed by atoms with van der Waals surface area (Å²) >= 11 is 0. The second-order valence-corrected chi connectivity index (χ2v) is 8.83. The van der Waals surface area contributed by atoms with Gasteiger partial charge in [0.05, 0.1) is 12.7 Å². The standard InChI is InChI=1S/C20H23F3N2O5S/c1-11(2)18(26)19(27)24-13-7-8-17(16(10-13)30-4)31(28,29)25-14-6-5-12(3)15(9-14)20(21,22)23/h5-11,18,25-26H,1-4H3,(H,24,27)/t18-/m0/s1. The summed E-state index contributed by atoms with van der Waals surface area (Å²) in [6.45, 7) is 4.58. The van der Waals surface area contributed by atoms with Crippen LogP contribution in [0.3, 0.4) is 0 Å². The number of aliphatic hydroxyl groups excluding tert-OH is 1. The van der Waals surface area contributed by atoms with E-state index in [1.165, 1.54) is 32.2 Å². The van der Waals surface area contributed by atoms with Crippen LogP contribution in [0.5, 0.6) is 5.75 Å². The fraction of sp³-hybridized carbons (Fsp3) is 0.350. The number of ether oxygens (including phenoxy) is 1. The molecule has 7 nitrogen and oxygen atoms in total. The number of benzene rings is 2. The van der Waals surface area contributed by atoms with Gasteiger partial charge in [-0.2, -0.15) is 13.2 Å². The molecule has 0 fully saturated rings. The lowest BCUT2D eigenvalue weighted by atomic mass is 10.1. The molecule has 2 rings (SSSR count). The number of hydrogen-bond acceptors (Lipinski definition) is 5. The van der Waals surface area contributed by atoms with Gasteiger partial charge in [0.1, 0.15) is 16.7 Å². The number of sulfonamides is 1. The van der Waals surface area contributed by atoms with Crippen LogP contribution in [-0.4, -0.2) is 32.6 Å². The molecule has 0 aliphatic carbocycles. The summed E-state index contributed by atoms with van der Waals surface area (Å²) in [6, 6.07) is 6.74. The first-order valence-corrected chi connectivity index (χ1v) is 10.6. The van der Waals surface area contributed by atoms with Crippen molar-refractivity contribution in [2.75, 3.05) is 17.1 Å². The second-order valence-electron chi connectivity index (χ2n) is 7.18. The van der Waals surface area contributed by atoms with Crippen LogP contribution in [0.25, 0.3) is 0 Å². The molecule has 2 aromatic rings. The van der Waals surface area contributed by atoms with Gasteiger partial charge in [0.15, 0.2) is 0 Å². The number of hydrogen-bond donors (Lipinski definition) is 3. The van der Waals surface area contributed by atoms with E-state index in [-0.39, 0.29) is 33.5 Å². The number of aryl methyl sites for hydroxylation is 1. The first kappa shape index (κ1) is 24.5. The Morgan fingerprint density at radius 2 is 1.71 bits per heavy atom. The summed E-state index contributed by atoms with van der Waals surface area (Å²) < 4.78 is 72.0. The Hall–Kier alpha value is -2.79. The molecular weight excluding hydrogens is 437 g/mol. The van der Waals surface area contributed by atoms with Crippen LogP contribution in [0.4, 0.5) is 24.5 Å². The monoisotopic (exact) mass is 460 g/mol. The van der Waals surface area contributed by atoms with E-state index in [4.69, 9.17) is 4.74 Å². The lowest BCUT2D eigenvalue weighted by Gasteiger charge is -2.17. The van der Waals surface area contributed by atoms with Gasteiger partial charge in [-0.3, -0.25) is 9.52 Å². The first-order valence-electron chi connectivity index (χ1n) is 9.14. The summed E-state index contributed by atoms with van der Waals surface area (Å²) in [4.78, 5) is 11.7. The highest BCUT2D eigenvalue weighted by atomic mass is 32.2. The fourth-order valence-electron chi connectivity index (χ4n) is 2.69. The topological polar surface area (TPSA) is 105 Å². The second kappa shape index (κ2) is 9.15. The van der Waals surface area contributed by atoms with E-state index in [1.807, 2.05) is 0 Å². The van der Waals surface area contributed by atoms with Crippen molar-refractivity contribution < 1.29 is 36.2 Å². The predicted molar refractivity (Wildman–Crippen MR) is 109 cm³/mol. The minimum Gasteiger partial charge on any atom is -0.495 e. The molecule has 0 aromatic heterocycles. The maximum Gasteiger partial charge on any atom is 0.416 e. The molecule has 0 unspecified atom stereocenters. The highest BCUT2D eigenvalue weighted by Gasteiger charge is 2.33. The van der Waals surface area contributed by atoms with Crippen molar-refractivity contribution in [1.82, 2.24) is 0 Å². The first-order chi connectivity index (χ1) is 14.3. The van der Waals surface area contributed by atoms with Gasteiger partial charge < -0.3 is 15.2 Å². The van der Waals surface area contributed by atoms with Crippen LogP contribution in [0.2, 0.25) is 0 Å². The van der Waals surface area contributed by atoms with E-state index in [0.29, 0.717) is 6.07 Å². The lowest BCUT2D eigenvalue weighted by molar-refractivity contribution is -0.138. The van der Waals surface area contributed by atoms with Gasteiger partial charge in [0, 0.05) is 17.4 Å². The summed E-state index contributed by atoms with van der Waals surface area (Å²) in [5, 5.41) is 12.2. The number of amides is 1. The van der Waals surface area contributed by atoms with E-state index in [2.05, 4.69) is 10.0 Å². The molecule has 170 valence electrons. The fourth-order valence-corrected chi connectivity index (χ4v) is 3.89. The van der Waals surface area contributed by atoms with E-state index in [1.54, 1.807) is 13.8 Å². The Morgan fingerprint density at radius 1 is 1.10 bits per heavy atom.